The van der Waals surface area contributed by atoms with Crippen molar-refractivity contribution in [2.75, 3.05) is 7.11 Å². The first-order chi connectivity index (χ1) is 9.94. The van der Waals surface area contributed by atoms with Crippen LogP contribution >= 0.6 is 11.6 Å². The van der Waals surface area contributed by atoms with E-state index in [0.717, 1.165) is 5.56 Å². The minimum absolute atomic E-state index is 0.0919. The van der Waals surface area contributed by atoms with Crippen LogP contribution in [0.15, 0.2) is 47.6 Å². The topological polar surface area (TPSA) is 68.3 Å². The molecule has 0 saturated carbocycles. The molecule has 1 N–H and O–H groups in total. The SMILES string of the molecule is COc1ccc(S(=O)(=O)N[C@H](C)c2ccncc2)cc1Cl. The van der Waals surface area contributed by atoms with Gasteiger partial charge in [-0.3, -0.25) is 4.98 Å². The molecule has 0 aliphatic carbocycles. The van der Waals surface area contributed by atoms with Gasteiger partial charge in [0.05, 0.1) is 17.0 Å². The summed E-state index contributed by atoms with van der Waals surface area (Å²) in [6.45, 7) is 1.76. The molecule has 0 fully saturated rings. The zero-order chi connectivity index (χ0) is 15.5. The second kappa shape index (κ2) is 6.43. The normalized spacial score (nSPS) is 12.9. The number of nitrogens with one attached hydrogen (secondary N) is 1. The number of hydrogen-bond donors (Lipinski definition) is 1. The molecule has 0 radical (unpaired) electrons. The van der Waals surface area contributed by atoms with Gasteiger partial charge in [-0.1, -0.05) is 11.6 Å². The zero-order valence-corrected chi connectivity index (χ0v) is 13.1. The molecule has 0 spiro atoms. The van der Waals surface area contributed by atoms with Crippen molar-refractivity contribution in [3.8, 4) is 5.75 Å². The molecular weight excluding hydrogens is 312 g/mol. The Morgan fingerprint density at radius 1 is 1.24 bits per heavy atom. The molecule has 5 nitrogen and oxygen atoms in total. The van der Waals surface area contributed by atoms with E-state index in [1.165, 1.54) is 25.3 Å². The second-order valence-corrected chi connectivity index (χ2v) is 6.54. The minimum Gasteiger partial charge on any atom is -0.495 e. The fourth-order valence-electron chi connectivity index (χ4n) is 1.84. The van der Waals surface area contributed by atoms with Gasteiger partial charge in [-0.15, -0.1) is 0 Å². The Labute approximate surface area is 129 Å². The van der Waals surface area contributed by atoms with Crippen LogP contribution in [0.1, 0.15) is 18.5 Å². The van der Waals surface area contributed by atoms with Gasteiger partial charge in [0.1, 0.15) is 5.75 Å². The highest BCUT2D eigenvalue weighted by molar-refractivity contribution is 7.89. The number of rotatable bonds is 5. The molecule has 112 valence electrons. The molecule has 0 bridgehead atoms. The Hall–Kier alpha value is -1.63. The Balaban J connectivity index is 2.24. The molecule has 21 heavy (non-hydrogen) atoms. The first-order valence-corrected chi connectivity index (χ1v) is 8.06. The summed E-state index contributed by atoms with van der Waals surface area (Å²) < 4.78 is 32.3. The number of nitrogens with zero attached hydrogens (tertiary/aromatic N) is 1. The van der Waals surface area contributed by atoms with E-state index in [-0.39, 0.29) is 16.0 Å². The molecule has 0 amide bonds. The summed E-state index contributed by atoms with van der Waals surface area (Å²) in [6, 6.07) is 7.48. The molecule has 0 unspecified atom stereocenters. The van der Waals surface area contributed by atoms with Gasteiger partial charge in [-0.05, 0) is 42.8 Å². The van der Waals surface area contributed by atoms with E-state index in [4.69, 9.17) is 16.3 Å². The van der Waals surface area contributed by atoms with E-state index in [1.807, 2.05) is 0 Å². The summed E-state index contributed by atoms with van der Waals surface area (Å²) in [7, 11) is -2.19. The number of hydrogen-bond acceptors (Lipinski definition) is 4. The quantitative estimate of drug-likeness (QED) is 0.917. The van der Waals surface area contributed by atoms with E-state index in [2.05, 4.69) is 9.71 Å². The molecule has 1 aromatic heterocycles. The Morgan fingerprint density at radius 2 is 1.90 bits per heavy atom. The summed E-state index contributed by atoms with van der Waals surface area (Å²) in [5, 5.41) is 0.247. The van der Waals surface area contributed by atoms with Crippen LogP contribution in [0, 0.1) is 0 Å². The van der Waals surface area contributed by atoms with Crippen LogP contribution in [0.4, 0.5) is 0 Å². The fraction of sp³-hybridized carbons (Fsp3) is 0.214. The van der Waals surface area contributed by atoms with Crippen molar-refractivity contribution in [2.45, 2.75) is 17.9 Å². The van der Waals surface area contributed by atoms with Gasteiger partial charge in [-0.2, -0.15) is 0 Å². The third kappa shape index (κ3) is 3.72. The van der Waals surface area contributed by atoms with Gasteiger partial charge in [0.15, 0.2) is 0 Å². The number of aromatic nitrogens is 1. The van der Waals surface area contributed by atoms with Crippen molar-refractivity contribution in [1.82, 2.24) is 9.71 Å². The van der Waals surface area contributed by atoms with Crippen molar-refractivity contribution in [3.05, 3.63) is 53.3 Å². The summed E-state index contributed by atoms with van der Waals surface area (Å²) in [4.78, 5) is 4.00. The summed E-state index contributed by atoms with van der Waals surface area (Å²) >= 11 is 5.96. The Kier molecular flexibility index (Phi) is 4.82. The molecular formula is C14H15ClN2O3S. The summed E-state index contributed by atoms with van der Waals surface area (Å²) in [5.41, 5.74) is 0.827. The van der Waals surface area contributed by atoms with E-state index >= 15 is 0 Å². The fourth-order valence-corrected chi connectivity index (χ4v) is 3.42. The van der Waals surface area contributed by atoms with Gasteiger partial charge in [0, 0.05) is 18.4 Å². The molecule has 0 aliphatic rings. The maximum absolute atomic E-state index is 12.3. The Bertz CT molecular complexity index is 720. The largest absolute Gasteiger partial charge is 0.495 e. The third-order valence-electron chi connectivity index (χ3n) is 2.97. The number of pyridine rings is 1. The van der Waals surface area contributed by atoms with Crippen molar-refractivity contribution in [3.63, 3.8) is 0 Å². The first-order valence-electron chi connectivity index (χ1n) is 6.20. The highest BCUT2D eigenvalue weighted by atomic mass is 35.5. The van der Waals surface area contributed by atoms with Gasteiger partial charge in [0.2, 0.25) is 10.0 Å². The van der Waals surface area contributed by atoms with Crippen molar-refractivity contribution in [2.24, 2.45) is 0 Å². The number of sulfonamides is 1. The first kappa shape index (κ1) is 15.8. The van der Waals surface area contributed by atoms with Crippen molar-refractivity contribution < 1.29 is 13.2 Å². The van der Waals surface area contributed by atoms with Gasteiger partial charge < -0.3 is 4.74 Å². The van der Waals surface area contributed by atoms with E-state index in [1.54, 1.807) is 31.5 Å². The lowest BCUT2D eigenvalue weighted by Crippen LogP contribution is -2.26. The van der Waals surface area contributed by atoms with Crippen LogP contribution in [0.2, 0.25) is 5.02 Å². The average molecular weight is 327 g/mol. The van der Waals surface area contributed by atoms with Crippen LogP contribution in [-0.2, 0) is 10.0 Å². The van der Waals surface area contributed by atoms with Gasteiger partial charge in [-0.25, -0.2) is 13.1 Å². The highest BCUT2D eigenvalue weighted by Crippen LogP contribution is 2.27. The van der Waals surface area contributed by atoms with Crippen LogP contribution in [0.5, 0.6) is 5.75 Å². The number of benzene rings is 1. The van der Waals surface area contributed by atoms with Crippen LogP contribution in [-0.4, -0.2) is 20.5 Å². The smallest absolute Gasteiger partial charge is 0.241 e. The Morgan fingerprint density at radius 3 is 2.48 bits per heavy atom. The van der Waals surface area contributed by atoms with E-state index in [9.17, 15) is 8.42 Å². The van der Waals surface area contributed by atoms with Gasteiger partial charge >= 0.3 is 0 Å². The van der Waals surface area contributed by atoms with E-state index < -0.39 is 10.0 Å². The molecule has 2 aromatic rings. The lowest BCUT2D eigenvalue weighted by Gasteiger charge is -2.15. The second-order valence-electron chi connectivity index (χ2n) is 4.42. The van der Waals surface area contributed by atoms with Crippen molar-refractivity contribution in [1.29, 1.82) is 0 Å². The lowest BCUT2D eigenvalue weighted by atomic mass is 10.1. The number of ether oxygens (including phenoxy) is 1. The number of methoxy groups -OCH3 is 1. The highest BCUT2D eigenvalue weighted by Gasteiger charge is 2.19. The predicted octanol–water partition coefficient (Wildman–Crippen LogP) is 2.78. The van der Waals surface area contributed by atoms with Crippen LogP contribution in [0.3, 0.4) is 0 Å². The lowest BCUT2D eigenvalue weighted by molar-refractivity contribution is 0.414. The minimum atomic E-state index is -3.67. The zero-order valence-electron chi connectivity index (χ0n) is 11.6. The predicted molar refractivity (Wildman–Crippen MR) is 81.0 cm³/mol. The molecule has 1 aromatic carbocycles. The summed E-state index contributed by atoms with van der Waals surface area (Å²) in [6.07, 6.45) is 3.23. The monoisotopic (exact) mass is 326 g/mol. The molecule has 0 saturated heterocycles. The molecule has 7 heteroatoms. The standard InChI is InChI=1S/C14H15ClN2O3S/c1-10(11-5-7-16-8-6-11)17-21(18,19)12-3-4-14(20-2)13(15)9-12/h3-10,17H,1-2H3/t10-/m1/s1. The van der Waals surface area contributed by atoms with Gasteiger partial charge in [0.25, 0.3) is 0 Å². The van der Waals surface area contributed by atoms with Crippen LogP contribution < -0.4 is 9.46 Å². The third-order valence-corrected chi connectivity index (χ3v) is 4.81. The molecule has 1 atom stereocenters. The maximum atomic E-state index is 12.3. The molecule has 0 aliphatic heterocycles. The summed E-state index contributed by atoms with van der Waals surface area (Å²) in [5.74, 6) is 0.429. The maximum Gasteiger partial charge on any atom is 0.241 e. The molecule has 2 rings (SSSR count). The average Bonchev–Trinajstić information content (AvgIpc) is 2.47. The number of halogens is 1. The molecule has 1 heterocycles. The van der Waals surface area contributed by atoms with E-state index in [0.29, 0.717) is 5.75 Å². The van der Waals surface area contributed by atoms with Crippen molar-refractivity contribution >= 4 is 21.6 Å². The van der Waals surface area contributed by atoms with Crippen LogP contribution in [0.25, 0.3) is 0 Å².